The summed E-state index contributed by atoms with van der Waals surface area (Å²) in [5, 5.41) is 2.68. The third kappa shape index (κ3) is 2.16. The minimum absolute atomic E-state index is 0.140. The highest BCUT2D eigenvalue weighted by molar-refractivity contribution is 5.62. The Morgan fingerprint density at radius 1 is 1.11 bits per heavy atom. The molecule has 0 aliphatic rings. The minimum Gasteiger partial charge on any atom is -0.371 e. The van der Waals surface area contributed by atoms with Gasteiger partial charge in [-0.25, -0.2) is 18.7 Å². The lowest BCUT2D eigenvalue weighted by Gasteiger charge is -2.09. The molecule has 1 N–H and O–H groups in total. The van der Waals surface area contributed by atoms with Crippen molar-refractivity contribution in [2.24, 2.45) is 0 Å². The SMILES string of the molecule is CNc1nc(-c2ccc(F)cc2C)nc(C)c1F. The van der Waals surface area contributed by atoms with E-state index in [9.17, 15) is 8.78 Å². The average Bonchev–Trinajstić information content (AvgIpc) is 2.32. The van der Waals surface area contributed by atoms with E-state index in [1.807, 2.05) is 0 Å². The molecule has 0 bridgehead atoms. The summed E-state index contributed by atoms with van der Waals surface area (Å²) in [4.78, 5) is 8.19. The van der Waals surface area contributed by atoms with Gasteiger partial charge in [0.15, 0.2) is 17.5 Å². The van der Waals surface area contributed by atoms with Crippen LogP contribution in [0.25, 0.3) is 11.4 Å². The number of aromatic nitrogens is 2. The standard InChI is InChI=1S/C13H13F2N3/c1-7-6-9(14)4-5-10(7)12-17-8(2)11(15)13(16-3)18-12/h4-6H,1-3H3,(H,16,17,18). The van der Waals surface area contributed by atoms with Crippen LogP contribution >= 0.6 is 0 Å². The summed E-state index contributed by atoms with van der Waals surface area (Å²) < 4.78 is 26.7. The second-order valence-corrected chi connectivity index (χ2v) is 4.00. The Labute approximate surface area is 104 Å². The van der Waals surface area contributed by atoms with Crippen molar-refractivity contribution >= 4 is 5.82 Å². The van der Waals surface area contributed by atoms with Gasteiger partial charge < -0.3 is 5.32 Å². The quantitative estimate of drug-likeness (QED) is 0.888. The first-order valence-corrected chi connectivity index (χ1v) is 5.51. The van der Waals surface area contributed by atoms with Crippen LogP contribution in [0.15, 0.2) is 18.2 Å². The molecule has 0 radical (unpaired) electrons. The Bertz CT molecular complexity index is 597. The van der Waals surface area contributed by atoms with Crippen LogP contribution in [0.4, 0.5) is 14.6 Å². The average molecular weight is 249 g/mol. The third-order valence-electron chi connectivity index (χ3n) is 2.68. The summed E-state index contributed by atoms with van der Waals surface area (Å²) in [5.41, 5.74) is 1.66. The molecule has 1 aromatic heterocycles. The summed E-state index contributed by atoms with van der Waals surface area (Å²) in [5.74, 6) is -0.262. The van der Waals surface area contributed by atoms with Gasteiger partial charge >= 0.3 is 0 Å². The third-order valence-corrected chi connectivity index (χ3v) is 2.68. The van der Waals surface area contributed by atoms with Crippen LogP contribution in [0.3, 0.4) is 0 Å². The Morgan fingerprint density at radius 2 is 1.83 bits per heavy atom. The summed E-state index contributed by atoms with van der Waals surface area (Å²) in [6.45, 7) is 3.33. The second-order valence-electron chi connectivity index (χ2n) is 4.00. The monoisotopic (exact) mass is 249 g/mol. The number of hydrogen-bond acceptors (Lipinski definition) is 3. The van der Waals surface area contributed by atoms with Gasteiger partial charge in [0.25, 0.3) is 0 Å². The number of anilines is 1. The molecule has 0 amide bonds. The molecule has 0 atom stereocenters. The second kappa shape index (κ2) is 4.68. The molecule has 94 valence electrons. The topological polar surface area (TPSA) is 37.8 Å². The van der Waals surface area contributed by atoms with Gasteiger partial charge in [-0.2, -0.15) is 0 Å². The molecule has 0 aliphatic heterocycles. The molecule has 0 unspecified atom stereocenters. The fourth-order valence-corrected chi connectivity index (χ4v) is 1.72. The van der Waals surface area contributed by atoms with Crippen molar-refractivity contribution in [3.63, 3.8) is 0 Å². The van der Waals surface area contributed by atoms with Gasteiger partial charge in [0.1, 0.15) is 5.82 Å². The molecule has 1 heterocycles. The normalized spacial score (nSPS) is 10.5. The van der Waals surface area contributed by atoms with Crippen molar-refractivity contribution in [3.05, 3.63) is 41.1 Å². The molecular weight excluding hydrogens is 236 g/mol. The first-order chi connectivity index (χ1) is 8.52. The van der Waals surface area contributed by atoms with Crippen LogP contribution in [0.5, 0.6) is 0 Å². The van der Waals surface area contributed by atoms with Gasteiger partial charge in [0.2, 0.25) is 0 Å². The smallest absolute Gasteiger partial charge is 0.186 e. The molecule has 0 spiro atoms. The number of nitrogens with zero attached hydrogens (tertiary/aromatic N) is 2. The van der Waals surface area contributed by atoms with Crippen molar-refractivity contribution in [2.75, 3.05) is 12.4 Å². The van der Waals surface area contributed by atoms with E-state index in [2.05, 4.69) is 15.3 Å². The van der Waals surface area contributed by atoms with Crippen LogP contribution < -0.4 is 5.32 Å². The maximum absolute atomic E-state index is 13.6. The number of rotatable bonds is 2. The van der Waals surface area contributed by atoms with E-state index >= 15 is 0 Å². The van der Waals surface area contributed by atoms with Gasteiger partial charge in [-0.3, -0.25) is 0 Å². The zero-order chi connectivity index (χ0) is 13.3. The number of aryl methyl sites for hydroxylation is 2. The zero-order valence-corrected chi connectivity index (χ0v) is 10.4. The Hall–Kier alpha value is -2.04. The molecule has 2 aromatic rings. The van der Waals surface area contributed by atoms with Gasteiger partial charge in [-0.15, -0.1) is 0 Å². The molecule has 0 saturated carbocycles. The molecule has 1 aromatic carbocycles. The number of halogens is 2. The van der Waals surface area contributed by atoms with Gasteiger partial charge in [-0.1, -0.05) is 0 Å². The van der Waals surface area contributed by atoms with Crippen molar-refractivity contribution in [1.29, 1.82) is 0 Å². The highest BCUT2D eigenvalue weighted by atomic mass is 19.1. The molecule has 0 fully saturated rings. The Morgan fingerprint density at radius 3 is 2.44 bits per heavy atom. The zero-order valence-electron chi connectivity index (χ0n) is 10.4. The predicted octanol–water partition coefficient (Wildman–Crippen LogP) is 3.08. The first-order valence-electron chi connectivity index (χ1n) is 5.51. The molecule has 0 aliphatic carbocycles. The summed E-state index contributed by atoms with van der Waals surface area (Å²) in [7, 11) is 1.59. The molecule has 3 nitrogen and oxygen atoms in total. The fourth-order valence-electron chi connectivity index (χ4n) is 1.72. The molecular formula is C13H13F2N3. The fraction of sp³-hybridized carbons (Fsp3) is 0.231. The maximum atomic E-state index is 13.6. The molecule has 5 heteroatoms. The lowest BCUT2D eigenvalue weighted by molar-refractivity contribution is 0.607. The van der Waals surface area contributed by atoms with Crippen molar-refractivity contribution in [1.82, 2.24) is 9.97 Å². The van der Waals surface area contributed by atoms with Crippen LogP contribution in [-0.2, 0) is 0 Å². The van der Waals surface area contributed by atoms with Crippen LogP contribution in [0, 0.1) is 25.5 Å². The predicted molar refractivity (Wildman–Crippen MR) is 66.4 cm³/mol. The van der Waals surface area contributed by atoms with Crippen molar-refractivity contribution < 1.29 is 8.78 Å². The van der Waals surface area contributed by atoms with Crippen LogP contribution in [0.2, 0.25) is 0 Å². The summed E-state index contributed by atoms with van der Waals surface area (Å²) in [6, 6.07) is 4.33. The number of nitrogens with one attached hydrogen (secondary N) is 1. The van der Waals surface area contributed by atoms with E-state index in [1.54, 1.807) is 27.0 Å². The van der Waals surface area contributed by atoms with Crippen molar-refractivity contribution in [3.8, 4) is 11.4 Å². The number of benzene rings is 1. The highest BCUT2D eigenvalue weighted by Crippen LogP contribution is 2.24. The lowest BCUT2D eigenvalue weighted by atomic mass is 10.1. The number of hydrogen-bond donors (Lipinski definition) is 1. The highest BCUT2D eigenvalue weighted by Gasteiger charge is 2.13. The molecule has 0 saturated heterocycles. The van der Waals surface area contributed by atoms with E-state index in [1.165, 1.54) is 12.1 Å². The van der Waals surface area contributed by atoms with Crippen LogP contribution in [0.1, 0.15) is 11.3 Å². The Kier molecular flexibility index (Phi) is 3.23. The first kappa shape index (κ1) is 12.4. The lowest BCUT2D eigenvalue weighted by Crippen LogP contribution is -2.04. The minimum atomic E-state index is -0.471. The van der Waals surface area contributed by atoms with E-state index < -0.39 is 5.82 Å². The Balaban J connectivity index is 2.60. The largest absolute Gasteiger partial charge is 0.371 e. The molecule has 2 rings (SSSR count). The van der Waals surface area contributed by atoms with Gasteiger partial charge in [0, 0.05) is 12.6 Å². The van der Waals surface area contributed by atoms with E-state index in [0.717, 1.165) is 0 Å². The van der Waals surface area contributed by atoms with E-state index in [0.29, 0.717) is 17.0 Å². The van der Waals surface area contributed by atoms with E-state index in [4.69, 9.17) is 0 Å². The maximum Gasteiger partial charge on any atom is 0.186 e. The summed E-state index contributed by atoms with van der Waals surface area (Å²) in [6.07, 6.45) is 0. The van der Waals surface area contributed by atoms with Gasteiger partial charge in [-0.05, 0) is 37.6 Å². The summed E-state index contributed by atoms with van der Waals surface area (Å²) >= 11 is 0. The van der Waals surface area contributed by atoms with E-state index in [-0.39, 0.29) is 17.3 Å². The van der Waals surface area contributed by atoms with Gasteiger partial charge in [0.05, 0.1) is 5.69 Å². The molecule has 18 heavy (non-hydrogen) atoms. The van der Waals surface area contributed by atoms with Crippen LogP contribution in [-0.4, -0.2) is 17.0 Å². The van der Waals surface area contributed by atoms with Crippen molar-refractivity contribution in [2.45, 2.75) is 13.8 Å².